The van der Waals surface area contributed by atoms with E-state index in [9.17, 15) is 14.4 Å². The lowest BCUT2D eigenvalue weighted by atomic mass is 9.68. The van der Waals surface area contributed by atoms with Crippen LogP contribution < -0.4 is 5.32 Å². The molecule has 1 aliphatic heterocycles. The minimum absolute atomic E-state index is 0.150. The first kappa shape index (κ1) is 22.5. The maximum absolute atomic E-state index is 14.0. The topological polar surface area (TPSA) is 108 Å². The van der Waals surface area contributed by atoms with Crippen molar-refractivity contribution in [1.82, 2.24) is 10.3 Å². The summed E-state index contributed by atoms with van der Waals surface area (Å²) in [5, 5.41) is 3.24. The fourth-order valence-electron chi connectivity index (χ4n) is 4.67. The van der Waals surface area contributed by atoms with E-state index in [1.807, 2.05) is 6.07 Å². The number of aromatic nitrogens is 1. The van der Waals surface area contributed by atoms with E-state index in [1.54, 1.807) is 51.4 Å². The number of dihydropyridines is 1. The summed E-state index contributed by atoms with van der Waals surface area (Å²) in [6.07, 6.45) is 5.11. The van der Waals surface area contributed by atoms with Gasteiger partial charge in [0.2, 0.25) is 0 Å². The van der Waals surface area contributed by atoms with Crippen molar-refractivity contribution in [3.05, 3.63) is 76.8 Å². The van der Waals surface area contributed by atoms with Crippen LogP contribution in [0.5, 0.6) is 0 Å². The van der Waals surface area contributed by atoms with Crippen molar-refractivity contribution >= 4 is 17.7 Å². The van der Waals surface area contributed by atoms with Crippen LogP contribution >= 0.6 is 0 Å². The Kier molecular flexibility index (Phi) is 6.44. The summed E-state index contributed by atoms with van der Waals surface area (Å²) in [4.78, 5) is 44.1. The largest absolute Gasteiger partial charge is 0.469 e. The number of esters is 2. The van der Waals surface area contributed by atoms with Crippen LogP contribution in [0.1, 0.15) is 50.4 Å². The fraction of sp³-hybridized carbons (Fsp3) is 0.360. The molecule has 0 amide bonds. The van der Waals surface area contributed by atoms with Crippen molar-refractivity contribution in [2.75, 3.05) is 13.2 Å². The second kappa shape index (κ2) is 9.44. The lowest BCUT2D eigenvalue weighted by Gasteiger charge is -2.38. The van der Waals surface area contributed by atoms with E-state index in [1.165, 1.54) is 6.26 Å². The van der Waals surface area contributed by atoms with E-state index in [0.717, 1.165) is 0 Å². The first-order valence-corrected chi connectivity index (χ1v) is 11.0. The number of furan rings is 1. The molecule has 0 fully saturated rings. The second-order valence-corrected chi connectivity index (χ2v) is 7.92. The number of rotatable bonds is 6. The molecule has 2 aliphatic rings. The van der Waals surface area contributed by atoms with E-state index in [4.69, 9.17) is 13.9 Å². The molecule has 3 unspecified atom stereocenters. The predicted octanol–water partition coefficient (Wildman–Crippen LogP) is 3.39. The molecule has 2 aromatic heterocycles. The summed E-state index contributed by atoms with van der Waals surface area (Å²) in [5.41, 5.74) is 2.61. The minimum atomic E-state index is -1.09. The summed E-state index contributed by atoms with van der Waals surface area (Å²) >= 11 is 0. The highest BCUT2D eigenvalue weighted by Crippen LogP contribution is 2.48. The number of allylic oxidation sites excluding steroid dienone is 3. The van der Waals surface area contributed by atoms with Gasteiger partial charge in [-0.15, -0.1) is 0 Å². The Hall–Kier alpha value is -3.68. The highest BCUT2D eigenvalue weighted by Gasteiger charge is 2.49. The van der Waals surface area contributed by atoms with Gasteiger partial charge in [-0.05, 0) is 51.0 Å². The number of nitrogens with zero attached hydrogens (tertiary/aromatic N) is 1. The molecule has 0 radical (unpaired) electrons. The molecular formula is C25H26N2O6. The van der Waals surface area contributed by atoms with Crippen LogP contribution in [-0.2, 0) is 23.9 Å². The maximum atomic E-state index is 14.0. The SMILES string of the molecule is CCOC(=O)C1=C(C)NC2=C(C(=O)C(C(=O)OCC)C(c3ccco3)C2)C1c1cccnc1. The Bertz CT molecular complexity index is 1120. The molecule has 172 valence electrons. The van der Waals surface area contributed by atoms with Crippen LogP contribution in [0.2, 0.25) is 0 Å². The molecule has 3 atom stereocenters. The molecule has 33 heavy (non-hydrogen) atoms. The number of hydrogen-bond acceptors (Lipinski definition) is 8. The number of ketones is 1. The molecule has 0 aromatic carbocycles. The van der Waals surface area contributed by atoms with Crippen LogP contribution in [0.25, 0.3) is 0 Å². The molecule has 1 aliphatic carbocycles. The first-order chi connectivity index (χ1) is 16.0. The van der Waals surface area contributed by atoms with E-state index < -0.39 is 35.5 Å². The van der Waals surface area contributed by atoms with Gasteiger partial charge in [0.25, 0.3) is 0 Å². The molecule has 0 bridgehead atoms. The molecular weight excluding hydrogens is 424 g/mol. The average Bonchev–Trinajstić information content (AvgIpc) is 3.33. The Balaban J connectivity index is 1.87. The van der Waals surface area contributed by atoms with Crippen LogP contribution in [0.4, 0.5) is 0 Å². The molecule has 1 N–H and O–H groups in total. The first-order valence-electron chi connectivity index (χ1n) is 11.0. The normalized spacial score (nSPS) is 22.5. The predicted molar refractivity (Wildman–Crippen MR) is 118 cm³/mol. The van der Waals surface area contributed by atoms with Gasteiger partial charge in [0.1, 0.15) is 11.7 Å². The van der Waals surface area contributed by atoms with E-state index >= 15 is 0 Å². The number of carbonyl (C=O) groups excluding carboxylic acids is 3. The molecule has 3 heterocycles. The van der Waals surface area contributed by atoms with E-state index in [2.05, 4.69) is 10.3 Å². The van der Waals surface area contributed by atoms with Crippen LogP contribution in [0.15, 0.2) is 69.9 Å². The summed E-state index contributed by atoms with van der Waals surface area (Å²) < 4.78 is 16.2. The number of ether oxygens (including phenoxy) is 2. The third-order valence-electron chi connectivity index (χ3n) is 5.98. The van der Waals surface area contributed by atoms with Crippen molar-refractivity contribution < 1.29 is 28.3 Å². The molecule has 8 nitrogen and oxygen atoms in total. The van der Waals surface area contributed by atoms with Gasteiger partial charge < -0.3 is 19.2 Å². The summed E-state index contributed by atoms with van der Waals surface area (Å²) in [6.45, 7) is 5.55. The van der Waals surface area contributed by atoms with E-state index in [0.29, 0.717) is 40.3 Å². The zero-order valence-corrected chi connectivity index (χ0v) is 18.8. The minimum Gasteiger partial charge on any atom is -0.469 e. The number of hydrogen-bond donors (Lipinski definition) is 1. The lowest BCUT2D eigenvalue weighted by Crippen LogP contribution is -2.43. The zero-order valence-electron chi connectivity index (χ0n) is 18.8. The van der Waals surface area contributed by atoms with Crippen molar-refractivity contribution in [3.63, 3.8) is 0 Å². The van der Waals surface area contributed by atoms with Gasteiger partial charge in [0.15, 0.2) is 5.78 Å². The summed E-state index contributed by atoms with van der Waals surface area (Å²) in [6, 6.07) is 7.04. The average molecular weight is 450 g/mol. The lowest BCUT2D eigenvalue weighted by molar-refractivity contribution is -0.152. The summed E-state index contributed by atoms with van der Waals surface area (Å²) in [5.74, 6) is -3.31. The van der Waals surface area contributed by atoms with Gasteiger partial charge in [-0.1, -0.05) is 6.07 Å². The zero-order chi connectivity index (χ0) is 23.5. The van der Waals surface area contributed by atoms with Crippen molar-refractivity contribution in [1.29, 1.82) is 0 Å². The Morgan fingerprint density at radius 2 is 1.97 bits per heavy atom. The third kappa shape index (κ3) is 4.08. The quantitative estimate of drug-likeness (QED) is 0.527. The Labute approximate surface area is 191 Å². The third-order valence-corrected chi connectivity index (χ3v) is 5.98. The molecule has 8 heteroatoms. The van der Waals surface area contributed by atoms with Crippen molar-refractivity contribution in [2.24, 2.45) is 5.92 Å². The van der Waals surface area contributed by atoms with Crippen molar-refractivity contribution in [2.45, 2.75) is 39.0 Å². The number of pyridine rings is 1. The standard InChI is InChI=1S/C25H26N2O6/c1-4-31-24(29)19-14(3)27-17-12-16(18-9-7-11-33-18)21(25(30)32-5-2)23(28)22(17)20(19)15-8-6-10-26-13-15/h6-11,13,16,20-21,27H,4-5,12H2,1-3H3. The van der Waals surface area contributed by atoms with Gasteiger partial charge in [0.05, 0.1) is 25.1 Å². The molecule has 0 saturated heterocycles. The molecule has 0 spiro atoms. The van der Waals surface area contributed by atoms with Gasteiger partial charge >= 0.3 is 11.9 Å². The monoisotopic (exact) mass is 450 g/mol. The molecule has 0 saturated carbocycles. The van der Waals surface area contributed by atoms with Crippen LogP contribution in [0.3, 0.4) is 0 Å². The van der Waals surface area contributed by atoms with Gasteiger partial charge in [-0.25, -0.2) is 4.79 Å². The highest BCUT2D eigenvalue weighted by molar-refractivity contribution is 6.13. The molecule has 2 aromatic rings. The number of carbonyl (C=O) groups is 3. The fourth-order valence-corrected chi connectivity index (χ4v) is 4.67. The van der Waals surface area contributed by atoms with Gasteiger partial charge in [-0.3, -0.25) is 14.6 Å². The maximum Gasteiger partial charge on any atom is 0.336 e. The number of Topliss-reactive ketones (excluding diaryl/α,β-unsaturated/α-hetero) is 1. The van der Waals surface area contributed by atoms with E-state index in [-0.39, 0.29) is 13.2 Å². The van der Waals surface area contributed by atoms with Crippen molar-refractivity contribution in [3.8, 4) is 0 Å². The van der Waals surface area contributed by atoms with Gasteiger partial charge in [0, 0.05) is 41.2 Å². The molecule has 4 rings (SSSR count). The summed E-state index contributed by atoms with van der Waals surface area (Å²) in [7, 11) is 0. The van der Waals surface area contributed by atoms with Crippen LogP contribution in [0, 0.1) is 5.92 Å². The Morgan fingerprint density at radius 3 is 2.61 bits per heavy atom. The Morgan fingerprint density at radius 1 is 1.18 bits per heavy atom. The smallest absolute Gasteiger partial charge is 0.336 e. The van der Waals surface area contributed by atoms with Gasteiger partial charge in [-0.2, -0.15) is 0 Å². The number of nitrogens with one attached hydrogen (secondary N) is 1. The van der Waals surface area contributed by atoms with Crippen LogP contribution in [-0.4, -0.2) is 35.9 Å². The highest BCUT2D eigenvalue weighted by atomic mass is 16.5. The second-order valence-electron chi connectivity index (χ2n) is 7.92.